The fourth-order valence-corrected chi connectivity index (χ4v) is 2.86. The summed E-state index contributed by atoms with van der Waals surface area (Å²) in [6.45, 7) is -1.32. The maximum Gasteiger partial charge on any atom is 0.326 e. The molecule has 0 spiro atoms. The molecule has 1 heterocycles. The number of rotatable bonds is 11. The molecule has 0 saturated carbocycles. The SMILES string of the molecule is NC(=O)CCC(NC(=O)C(N)CO)C(=O)NC(CO)C(=O)N1CCCC1C(=O)O. The Balaban J connectivity index is 2.87. The van der Waals surface area contributed by atoms with E-state index in [2.05, 4.69) is 10.6 Å². The van der Waals surface area contributed by atoms with Gasteiger partial charge in [0.2, 0.25) is 23.6 Å². The molecule has 4 amide bonds. The van der Waals surface area contributed by atoms with Gasteiger partial charge in [0.05, 0.1) is 13.2 Å². The summed E-state index contributed by atoms with van der Waals surface area (Å²) < 4.78 is 0. The molecule has 1 fully saturated rings. The van der Waals surface area contributed by atoms with E-state index in [-0.39, 0.29) is 25.8 Å². The lowest BCUT2D eigenvalue weighted by Crippen LogP contribution is -2.58. The van der Waals surface area contributed by atoms with E-state index in [4.69, 9.17) is 16.6 Å². The molecular weight excluding hydrogens is 390 g/mol. The number of aliphatic carboxylic acids is 1. The summed E-state index contributed by atoms with van der Waals surface area (Å²) in [4.78, 5) is 60.3. The van der Waals surface area contributed by atoms with Gasteiger partial charge in [-0.05, 0) is 19.3 Å². The number of nitrogens with zero attached hydrogens (tertiary/aromatic N) is 1. The number of aliphatic hydroxyl groups is 2. The van der Waals surface area contributed by atoms with Gasteiger partial charge in [0.1, 0.15) is 24.2 Å². The van der Waals surface area contributed by atoms with Crippen LogP contribution in [0.2, 0.25) is 0 Å². The Morgan fingerprint density at radius 1 is 1.03 bits per heavy atom. The Morgan fingerprint density at radius 3 is 2.17 bits per heavy atom. The highest BCUT2D eigenvalue weighted by atomic mass is 16.4. The second-order valence-electron chi connectivity index (χ2n) is 6.63. The Kier molecular flexibility index (Phi) is 9.44. The summed E-state index contributed by atoms with van der Waals surface area (Å²) in [5, 5.41) is 32.1. The smallest absolute Gasteiger partial charge is 0.326 e. The van der Waals surface area contributed by atoms with Gasteiger partial charge in [0, 0.05) is 13.0 Å². The summed E-state index contributed by atoms with van der Waals surface area (Å²) in [5.41, 5.74) is 10.4. The van der Waals surface area contributed by atoms with Crippen molar-refractivity contribution < 1.29 is 39.3 Å². The average Bonchev–Trinajstić information content (AvgIpc) is 3.17. The molecular formula is C16H27N5O8. The number of primary amides is 1. The number of carbonyl (C=O) groups is 5. The zero-order valence-corrected chi connectivity index (χ0v) is 15.7. The second kappa shape index (κ2) is 11.3. The summed E-state index contributed by atoms with van der Waals surface area (Å²) in [7, 11) is 0. The molecule has 0 aromatic heterocycles. The summed E-state index contributed by atoms with van der Waals surface area (Å²) in [6, 6.07) is -5.12. The molecule has 4 atom stereocenters. The summed E-state index contributed by atoms with van der Waals surface area (Å²) in [6.07, 6.45) is 0.241. The van der Waals surface area contributed by atoms with Gasteiger partial charge in [-0.2, -0.15) is 0 Å². The average molecular weight is 417 g/mol. The first kappa shape index (κ1) is 24.3. The Labute approximate surface area is 166 Å². The van der Waals surface area contributed by atoms with Gasteiger partial charge in [-0.15, -0.1) is 0 Å². The Hall–Kier alpha value is -2.77. The van der Waals surface area contributed by atoms with Crippen molar-refractivity contribution in [1.82, 2.24) is 15.5 Å². The third-order valence-corrected chi connectivity index (χ3v) is 4.46. The van der Waals surface area contributed by atoms with E-state index >= 15 is 0 Å². The first-order valence-electron chi connectivity index (χ1n) is 9.02. The van der Waals surface area contributed by atoms with E-state index in [0.717, 1.165) is 4.90 Å². The predicted molar refractivity (Wildman–Crippen MR) is 96.8 cm³/mol. The van der Waals surface area contributed by atoms with Gasteiger partial charge in [0.15, 0.2) is 0 Å². The number of nitrogens with one attached hydrogen (secondary N) is 2. The van der Waals surface area contributed by atoms with E-state index in [9.17, 15) is 34.2 Å². The standard InChI is InChI=1S/C16H27N5O8/c17-8(6-22)13(25)19-9(3-4-12(18)24)14(26)20-10(7-23)15(27)21-5-1-2-11(21)16(28)29/h8-11,22-23H,1-7,17H2,(H2,18,24)(H,19,25)(H,20,26)(H,28,29). The molecule has 0 aromatic carbocycles. The number of carboxylic acid groups (broad SMARTS) is 1. The van der Waals surface area contributed by atoms with Crippen molar-refractivity contribution >= 4 is 29.6 Å². The van der Waals surface area contributed by atoms with Crippen molar-refractivity contribution in [2.24, 2.45) is 11.5 Å². The van der Waals surface area contributed by atoms with Crippen LogP contribution in [0.3, 0.4) is 0 Å². The third-order valence-electron chi connectivity index (χ3n) is 4.46. The van der Waals surface area contributed by atoms with Crippen molar-refractivity contribution in [1.29, 1.82) is 0 Å². The molecule has 13 nitrogen and oxygen atoms in total. The topological polar surface area (TPSA) is 225 Å². The van der Waals surface area contributed by atoms with Crippen molar-refractivity contribution in [2.45, 2.75) is 49.9 Å². The van der Waals surface area contributed by atoms with E-state index in [1.807, 2.05) is 0 Å². The molecule has 4 unspecified atom stereocenters. The van der Waals surface area contributed by atoms with Crippen LogP contribution >= 0.6 is 0 Å². The van der Waals surface area contributed by atoms with Gasteiger partial charge in [-0.25, -0.2) is 4.79 Å². The molecule has 9 N–H and O–H groups in total. The van der Waals surface area contributed by atoms with Crippen LogP contribution in [0.15, 0.2) is 0 Å². The molecule has 1 rings (SSSR count). The molecule has 1 aliphatic heterocycles. The predicted octanol–water partition coefficient (Wildman–Crippen LogP) is -4.39. The summed E-state index contributed by atoms with van der Waals surface area (Å²) in [5.74, 6) is -4.47. The van der Waals surface area contributed by atoms with E-state index < -0.39 is 67.0 Å². The normalized spacial score (nSPS) is 19.1. The van der Waals surface area contributed by atoms with Gasteiger partial charge < -0.3 is 42.3 Å². The minimum atomic E-state index is -1.44. The quantitative estimate of drug-likeness (QED) is 0.172. The van der Waals surface area contributed by atoms with Crippen LogP contribution in [0.25, 0.3) is 0 Å². The fourth-order valence-electron chi connectivity index (χ4n) is 2.86. The first-order valence-corrected chi connectivity index (χ1v) is 9.02. The van der Waals surface area contributed by atoms with E-state index in [1.54, 1.807) is 0 Å². The number of nitrogens with two attached hydrogens (primary N) is 2. The van der Waals surface area contributed by atoms with Crippen molar-refractivity contribution in [3.8, 4) is 0 Å². The maximum absolute atomic E-state index is 12.6. The molecule has 164 valence electrons. The zero-order valence-electron chi connectivity index (χ0n) is 15.7. The number of likely N-dealkylation sites (tertiary alicyclic amines) is 1. The highest BCUT2D eigenvalue weighted by Gasteiger charge is 2.38. The van der Waals surface area contributed by atoms with Crippen LogP contribution in [0.1, 0.15) is 25.7 Å². The number of carboxylic acids is 1. The lowest BCUT2D eigenvalue weighted by molar-refractivity contribution is -0.150. The molecule has 29 heavy (non-hydrogen) atoms. The second-order valence-corrected chi connectivity index (χ2v) is 6.63. The number of carbonyl (C=O) groups excluding carboxylic acids is 4. The molecule has 1 saturated heterocycles. The summed E-state index contributed by atoms with van der Waals surface area (Å²) >= 11 is 0. The highest BCUT2D eigenvalue weighted by Crippen LogP contribution is 2.18. The number of hydrogen-bond donors (Lipinski definition) is 7. The van der Waals surface area contributed by atoms with E-state index in [0.29, 0.717) is 6.42 Å². The van der Waals surface area contributed by atoms with Gasteiger partial charge in [-0.3, -0.25) is 19.2 Å². The van der Waals surface area contributed by atoms with Crippen LogP contribution in [0.5, 0.6) is 0 Å². The van der Waals surface area contributed by atoms with Crippen LogP contribution in [-0.2, 0) is 24.0 Å². The van der Waals surface area contributed by atoms with Crippen molar-refractivity contribution in [2.75, 3.05) is 19.8 Å². The number of amides is 4. The number of aliphatic hydroxyl groups excluding tert-OH is 2. The molecule has 0 aliphatic carbocycles. The molecule has 1 aliphatic rings. The van der Waals surface area contributed by atoms with E-state index in [1.165, 1.54) is 0 Å². The zero-order chi connectivity index (χ0) is 22.1. The van der Waals surface area contributed by atoms with Crippen LogP contribution < -0.4 is 22.1 Å². The lowest BCUT2D eigenvalue weighted by Gasteiger charge is -2.28. The third kappa shape index (κ3) is 6.96. The largest absolute Gasteiger partial charge is 0.480 e. The first-order chi connectivity index (χ1) is 13.6. The minimum Gasteiger partial charge on any atom is -0.480 e. The Morgan fingerprint density at radius 2 is 1.66 bits per heavy atom. The molecule has 0 bridgehead atoms. The van der Waals surface area contributed by atoms with Gasteiger partial charge in [0.25, 0.3) is 0 Å². The monoisotopic (exact) mass is 417 g/mol. The van der Waals surface area contributed by atoms with Gasteiger partial charge in [-0.1, -0.05) is 0 Å². The van der Waals surface area contributed by atoms with Crippen LogP contribution in [0, 0.1) is 0 Å². The lowest BCUT2D eigenvalue weighted by atomic mass is 10.1. The van der Waals surface area contributed by atoms with Crippen molar-refractivity contribution in [3.63, 3.8) is 0 Å². The maximum atomic E-state index is 12.6. The molecule has 0 radical (unpaired) electrons. The molecule has 0 aromatic rings. The fraction of sp³-hybridized carbons (Fsp3) is 0.688. The van der Waals surface area contributed by atoms with Crippen molar-refractivity contribution in [3.05, 3.63) is 0 Å². The Bertz CT molecular complexity index is 643. The minimum absolute atomic E-state index is 0.162. The van der Waals surface area contributed by atoms with Crippen LogP contribution in [-0.4, -0.2) is 93.7 Å². The number of hydrogen-bond acceptors (Lipinski definition) is 8. The highest BCUT2D eigenvalue weighted by molar-refractivity contribution is 5.94. The molecule has 13 heteroatoms. The van der Waals surface area contributed by atoms with Gasteiger partial charge >= 0.3 is 5.97 Å². The van der Waals surface area contributed by atoms with Crippen LogP contribution in [0.4, 0.5) is 0 Å².